The van der Waals surface area contributed by atoms with Crippen LogP contribution in [0.15, 0.2) is 47.6 Å². The number of ether oxygens (including phenoxy) is 1. The Morgan fingerprint density at radius 2 is 1.96 bits per heavy atom. The van der Waals surface area contributed by atoms with Gasteiger partial charge in [0.1, 0.15) is 12.4 Å². The van der Waals surface area contributed by atoms with Crippen LogP contribution in [0.1, 0.15) is 34.2 Å². The lowest BCUT2D eigenvalue weighted by Gasteiger charge is -2.08. The predicted molar refractivity (Wildman–Crippen MR) is 108 cm³/mol. The van der Waals surface area contributed by atoms with Gasteiger partial charge in [0.2, 0.25) is 5.16 Å². The summed E-state index contributed by atoms with van der Waals surface area (Å²) in [7, 11) is 0. The van der Waals surface area contributed by atoms with Crippen LogP contribution in [0.2, 0.25) is 5.02 Å². The number of aromatic amines is 1. The number of thioether (sulfide) groups is 1. The summed E-state index contributed by atoms with van der Waals surface area (Å²) in [5, 5.41) is 7.96. The van der Waals surface area contributed by atoms with Crippen LogP contribution >= 0.6 is 23.4 Å². The number of hydrogen-bond acceptors (Lipinski definition) is 5. The molecule has 7 heteroatoms. The van der Waals surface area contributed by atoms with Crippen molar-refractivity contribution in [2.24, 2.45) is 0 Å². The summed E-state index contributed by atoms with van der Waals surface area (Å²) in [5.41, 5.74) is 2.77. The van der Waals surface area contributed by atoms with E-state index in [1.807, 2.05) is 57.2 Å². The Balaban J connectivity index is 1.57. The zero-order valence-corrected chi connectivity index (χ0v) is 16.9. The fourth-order valence-electron chi connectivity index (χ4n) is 2.42. The van der Waals surface area contributed by atoms with Gasteiger partial charge in [0.25, 0.3) is 0 Å². The summed E-state index contributed by atoms with van der Waals surface area (Å²) in [4.78, 5) is 16.9. The van der Waals surface area contributed by atoms with E-state index in [0.29, 0.717) is 27.3 Å². The van der Waals surface area contributed by atoms with Gasteiger partial charge in [-0.05, 0) is 44.5 Å². The summed E-state index contributed by atoms with van der Waals surface area (Å²) in [6.45, 7) is 6.03. The largest absolute Gasteiger partial charge is 0.486 e. The van der Waals surface area contributed by atoms with E-state index in [4.69, 9.17) is 16.3 Å². The molecule has 3 aromatic rings. The lowest BCUT2D eigenvalue weighted by atomic mass is 10.1. The number of carbonyl (C=O) groups excluding carboxylic acids is 1. The molecule has 2 aromatic carbocycles. The Morgan fingerprint density at radius 3 is 2.67 bits per heavy atom. The highest BCUT2D eigenvalue weighted by atomic mass is 35.5. The fraction of sp³-hybridized carbons (Fsp3) is 0.250. The molecule has 0 amide bonds. The number of nitrogens with zero attached hydrogens (tertiary/aromatic N) is 2. The molecule has 0 spiro atoms. The second-order valence-corrected chi connectivity index (χ2v) is 7.97. The third-order valence-corrected chi connectivity index (χ3v) is 5.39. The van der Waals surface area contributed by atoms with Crippen LogP contribution in [0.5, 0.6) is 5.75 Å². The molecule has 27 heavy (non-hydrogen) atoms. The molecule has 1 N–H and O–H groups in total. The maximum Gasteiger partial charge on any atom is 0.209 e. The molecule has 0 radical (unpaired) electrons. The Labute approximate surface area is 167 Å². The molecule has 1 heterocycles. The topological polar surface area (TPSA) is 67.9 Å². The number of aromatic nitrogens is 3. The number of benzene rings is 2. The minimum absolute atomic E-state index is 0.0549. The summed E-state index contributed by atoms with van der Waals surface area (Å²) in [5.74, 6) is 1.37. The van der Waals surface area contributed by atoms with Gasteiger partial charge < -0.3 is 4.74 Å². The van der Waals surface area contributed by atoms with Crippen molar-refractivity contribution in [3.63, 3.8) is 0 Å². The maximum atomic E-state index is 12.5. The molecular weight excluding hydrogens is 382 g/mol. The van der Waals surface area contributed by atoms with Crippen LogP contribution in [0.4, 0.5) is 0 Å². The molecule has 0 fully saturated rings. The molecule has 5 nitrogen and oxygen atoms in total. The van der Waals surface area contributed by atoms with Gasteiger partial charge in [0.15, 0.2) is 11.6 Å². The molecule has 140 valence electrons. The first-order chi connectivity index (χ1) is 12.9. The fourth-order valence-corrected chi connectivity index (χ4v) is 3.36. The van der Waals surface area contributed by atoms with Gasteiger partial charge in [-0.15, -0.1) is 5.10 Å². The SMILES string of the molecule is Cc1ccc(C(=O)[C@H](C)Sc2n[nH]c(COc3ccc(Cl)c(C)c3)n2)cc1. The molecule has 0 saturated heterocycles. The highest BCUT2D eigenvalue weighted by Gasteiger charge is 2.18. The van der Waals surface area contributed by atoms with E-state index in [2.05, 4.69) is 15.2 Å². The van der Waals surface area contributed by atoms with Crippen molar-refractivity contribution >= 4 is 29.1 Å². The van der Waals surface area contributed by atoms with E-state index in [9.17, 15) is 4.79 Å². The molecule has 1 atom stereocenters. The lowest BCUT2D eigenvalue weighted by molar-refractivity contribution is 0.0994. The van der Waals surface area contributed by atoms with Crippen LogP contribution in [0.3, 0.4) is 0 Å². The van der Waals surface area contributed by atoms with Gasteiger partial charge in [-0.2, -0.15) is 0 Å². The van der Waals surface area contributed by atoms with Crippen molar-refractivity contribution in [3.05, 3.63) is 70.0 Å². The van der Waals surface area contributed by atoms with Gasteiger partial charge in [0.05, 0.1) is 5.25 Å². The number of ketones is 1. The number of H-pyrrole nitrogens is 1. The zero-order chi connectivity index (χ0) is 19.4. The Hall–Kier alpha value is -2.31. The molecular formula is C20H20ClN3O2S. The molecule has 1 aromatic heterocycles. The van der Waals surface area contributed by atoms with Crippen molar-refractivity contribution in [2.45, 2.75) is 37.8 Å². The summed E-state index contributed by atoms with van der Waals surface area (Å²) in [6.07, 6.45) is 0. The minimum Gasteiger partial charge on any atom is -0.486 e. The normalized spacial score (nSPS) is 12.0. The first kappa shape index (κ1) is 19.5. The first-order valence-corrected chi connectivity index (χ1v) is 9.76. The number of carbonyl (C=O) groups is 1. The van der Waals surface area contributed by atoms with E-state index in [-0.39, 0.29) is 17.6 Å². The smallest absolute Gasteiger partial charge is 0.209 e. The summed E-state index contributed by atoms with van der Waals surface area (Å²) < 4.78 is 5.71. The number of halogens is 1. The minimum atomic E-state index is -0.281. The molecule has 0 saturated carbocycles. The second kappa shape index (κ2) is 8.59. The van der Waals surface area contributed by atoms with Gasteiger partial charge in [-0.25, -0.2) is 4.98 Å². The van der Waals surface area contributed by atoms with E-state index < -0.39 is 0 Å². The quantitative estimate of drug-likeness (QED) is 0.444. The predicted octanol–water partition coefficient (Wildman–Crippen LogP) is 5.02. The van der Waals surface area contributed by atoms with Crippen LogP contribution in [-0.4, -0.2) is 26.2 Å². The van der Waals surface area contributed by atoms with Crippen LogP contribution in [0, 0.1) is 13.8 Å². The second-order valence-electron chi connectivity index (χ2n) is 6.25. The molecule has 0 aliphatic heterocycles. The van der Waals surface area contributed by atoms with Crippen molar-refractivity contribution in [1.29, 1.82) is 0 Å². The molecule has 0 unspecified atom stereocenters. The van der Waals surface area contributed by atoms with Gasteiger partial charge in [-0.3, -0.25) is 9.89 Å². The van der Waals surface area contributed by atoms with Gasteiger partial charge in [-0.1, -0.05) is 53.2 Å². The van der Waals surface area contributed by atoms with Crippen LogP contribution in [0.25, 0.3) is 0 Å². The number of Topliss-reactive ketones (excluding diaryl/α,β-unsaturated/α-hetero) is 1. The van der Waals surface area contributed by atoms with E-state index in [0.717, 1.165) is 11.1 Å². The van der Waals surface area contributed by atoms with E-state index >= 15 is 0 Å². The number of aryl methyl sites for hydroxylation is 2. The van der Waals surface area contributed by atoms with Crippen LogP contribution in [-0.2, 0) is 6.61 Å². The van der Waals surface area contributed by atoms with E-state index in [1.54, 1.807) is 6.07 Å². The van der Waals surface area contributed by atoms with Crippen molar-refractivity contribution in [1.82, 2.24) is 15.2 Å². The third-order valence-electron chi connectivity index (χ3n) is 4.00. The standard InChI is InChI=1S/C20H20ClN3O2S/c1-12-4-6-15(7-5-12)19(25)14(3)27-20-22-18(23-24-20)11-26-16-8-9-17(21)13(2)10-16/h4-10,14H,11H2,1-3H3,(H,22,23,24)/t14-/m0/s1. The number of nitrogens with one attached hydrogen (secondary N) is 1. The highest BCUT2D eigenvalue weighted by Crippen LogP contribution is 2.24. The van der Waals surface area contributed by atoms with E-state index in [1.165, 1.54) is 11.8 Å². The Kier molecular flexibility index (Phi) is 6.19. The highest BCUT2D eigenvalue weighted by molar-refractivity contribution is 8.00. The van der Waals surface area contributed by atoms with Crippen molar-refractivity contribution in [3.8, 4) is 5.75 Å². The third kappa shape index (κ3) is 5.11. The van der Waals surface area contributed by atoms with Gasteiger partial charge in [0, 0.05) is 10.6 Å². The summed E-state index contributed by atoms with van der Waals surface area (Å²) >= 11 is 7.33. The first-order valence-electron chi connectivity index (χ1n) is 8.50. The lowest BCUT2D eigenvalue weighted by Crippen LogP contribution is -2.13. The van der Waals surface area contributed by atoms with Crippen molar-refractivity contribution in [2.75, 3.05) is 0 Å². The molecule has 0 aliphatic rings. The molecule has 0 bridgehead atoms. The average molecular weight is 402 g/mol. The number of hydrogen-bond donors (Lipinski definition) is 1. The summed E-state index contributed by atoms with van der Waals surface area (Å²) in [6, 6.07) is 13.0. The van der Waals surface area contributed by atoms with Crippen LogP contribution < -0.4 is 4.74 Å². The Bertz CT molecular complexity index is 941. The maximum absolute atomic E-state index is 12.5. The average Bonchev–Trinajstić information content (AvgIpc) is 3.10. The monoisotopic (exact) mass is 401 g/mol. The Morgan fingerprint density at radius 1 is 1.22 bits per heavy atom. The molecule has 3 rings (SSSR count). The van der Waals surface area contributed by atoms with Crippen molar-refractivity contribution < 1.29 is 9.53 Å². The number of rotatable bonds is 7. The molecule has 0 aliphatic carbocycles. The zero-order valence-electron chi connectivity index (χ0n) is 15.3. The van der Waals surface area contributed by atoms with Gasteiger partial charge >= 0.3 is 0 Å².